The van der Waals surface area contributed by atoms with Gasteiger partial charge in [-0.15, -0.1) is 0 Å². The van der Waals surface area contributed by atoms with E-state index in [0.29, 0.717) is 5.56 Å². The molecule has 0 unspecified atom stereocenters. The SMILES string of the molecule is NS(=O)(=O)Cc1ccc(NS(=O)(=O)CC(=O)O)cc1. The molecule has 1 aromatic rings. The van der Waals surface area contributed by atoms with Crippen molar-refractivity contribution >= 4 is 31.7 Å². The van der Waals surface area contributed by atoms with Gasteiger partial charge in [0.15, 0.2) is 5.75 Å². The van der Waals surface area contributed by atoms with Crippen molar-refractivity contribution in [1.82, 2.24) is 0 Å². The summed E-state index contributed by atoms with van der Waals surface area (Å²) in [7, 11) is -7.63. The summed E-state index contributed by atoms with van der Waals surface area (Å²) in [6, 6.07) is 5.39. The standard InChI is InChI=1S/C9H12N2O6S2/c10-18(14,15)5-7-1-3-8(4-2-7)11-19(16,17)6-9(12)13/h1-4,11H,5-6H2,(H,12,13)(H2,10,14,15). The molecule has 0 radical (unpaired) electrons. The van der Waals surface area contributed by atoms with E-state index in [1.54, 1.807) is 0 Å². The van der Waals surface area contributed by atoms with Crippen LogP contribution in [0.3, 0.4) is 0 Å². The van der Waals surface area contributed by atoms with Crippen molar-refractivity contribution in [2.45, 2.75) is 5.75 Å². The zero-order valence-corrected chi connectivity index (χ0v) is 11.2. The summed E-state index contributed by atoms with van der Waals surface area (Å²) in [6.45, 7) is 0. The Balaban J connectivity index is 2.80. The highest BCUT2D eigenvalue weighted by atomic mass is 32.2. The second-order valence-corrected chi connectivity index (χ2v) is 7.10. The maximum absolute atomic E-state index is 11.3. The van der Waals surface area contributed by atoms with Gasteiger partial charge in [-0.25, -0.2) is 22.0 Å². The smallest absolute Gasteiger partial charge is 0.320 e. The lowest BCUT2D eigenvalue weighted by atomic mass is 10.2. The monoisotopic (exact) mass is 308 g/mol. The predicted octanol–water partition coefficient (Wildman–Crippen LogP) is -0.699. The highest BCUT2D eigenvalue weighted by Crippen LogP contribution is 2.12. The fourth-order valence-corrected chi connectivity index (χ4v) is 2.83. The molecule has 0 atom stereocenters. The maximum Gasteiger partial charge on any atom is 0.320 e. The van der Waals surface area contributed by atoms with Gasteiger partial charge in [0.05, 0.1) is 5.75 Å². The van der Waals surface area contributed by atoms with Crippen molar-refractivity contribution in [2.75, 3.05) is 10.5 Å². The van der Waals surface area contributed by atoms with E-state index in [-0.39, 0.29) is 11.4 Å². The molecule has 0 aliphatic heterocycles. The number of aliphatic carboxylic acids is 1. The Hall–Kier alpha value is -1.65. The third-order valence-electron chi connectivity index (χ3n) is 1.91. The first kappa shape index (κ1) is 15.4. The Kier molecular flexibility index (Phi) is 4.50. The minimum atomic E-state index is -3.97. The molecule has 0 bridgehead atoms. The first-order chi connectivity index (χ1) is 8.57. The van der Waals surface area contributed by atoms with Crippen LogP contribution in [0.1, 0.15) is 5.56 Å². The Morgan fingerprint density at radius 1 is 1.16 bits per heavy atom. The minimum Gasteiger partial charge on any atom is -0.480 e. The summed E-state index contributed by atoms with van der Waals surface area (Å²) in [4.78, 5) is 10.3. The average Bonchev–Trinajstić information content (AvgIpc) is 2.16. The number of primary sulfonamides is 1. The van der Waals surface area contributed by atoms with Crippen LogP contribution in [0.4, 0.5) is 5.69 Å². The van der Waals surface area contributed by atoms with Crippen molar-refractivity contribution in [2.24, 2.45) is 5.14 Å². The van der Waals surface area contributed by atoms with Crippen molar-refractivity contribution in [3.05, 3.63) is 29.8 Å². The molecule has 8 nitrogen and oxygen atoms in total. The number of hydrogen-bond acceptors (Lipinski definition) is 5. The molecule has 0 fully saturated rings. The molecule has 10 heteroatoms. The van der Waals surface area contributed by atoms with Crippen LogP contribution in [0.25, 0.3) is 0 Å². The molecule has 0 saturated carbocycles. The summed E-state index contributed by atoms with van der Waals surface area (Å²) < 4.78 is 46.4. The second kappa shape index (κ2) is 5.55. The summed E-state index contributed by atoms with van der Waals surface area (Å²) in [6.07, 6.45) is 0. The van der Waals surface area contributed by atoms with Gasteiger partial charge < -0.3 is 5.11 Å². The van der Waals surface area contributed by atoms with E-state index in [2.05, 4.69) is 4.72 Å². The molecule has 19 heavy (non-hydrogen) atoms. The summed E-state index contributed by atoms with van der Waals surface area (Å²) in [5, 5.41) is 13.3. The van der Waals surface area contributed by atoms with Gasteiger partial charge >= 0.3 is 5.97 Å². The van der Waals surface area contributed by atoms with Gasteiger partial charge in [0.1, 0.15) is 0 Å². The maximum atomic E-state index is 11.3. The molecule has 4 N–H and O–H groups in total. The molecule has 0 aliphatic carbocycles. The van der Waals surface area contributed by atoms with Gasteiger partial charge in [-0.1, -0.05) is 12.1 Å². The predicted molar refractivity (Wildman–Crippen MR) is 68.3 cm³/mol. The summed E-state index contributed by atoms with van der Waals surface area (Å²) in [5.74, 6) is -2.89. The van der Waals surface area contributed by atoms with Crippen LogP contribution in [0, 0.1) is 0 Å². The number of rotatable bonds is 6. The first-order valence-electron chi connectivity index (χ1n) is 4.89. The zero-order chi connectivity index (χ0) is 14.7. The normalized spacial score (nSPS) is 12.1. The van der Waals surface area contributed by atoms with Crippen LogP contribution in [0.2, 0.25) is 0 Å². The first-order valence-corrected chi connectivity index (χ1v) is 8.26. The number of nitrogens with two attached hydrogens (primary N) is 1. The van der Waals surface area contributed by atoms with Gasteiger partial charge in [-0.2, -0.15) is 0 Å². The highest BCUT2D eigenvalue weighted by molar-refractivity contribution is 7.93. The topological polar surface area (TPSA) is 144 Å². The summed E-state index contributed by atoms with van der Waals surface area (Å²) in [5.41, 5.74) is 0.531. The molecular weight excluding hydrogens is 296 g/mol. The Morgan fingerprint density at radius 3 is 2.11 bits per heavy atom. The van der Waals surface area contributed by atoms with Crippen molar-refractivity contribution < 1.29 is 26.7 Å². The van der Waals surface area contributed by atoms with Crippen LogP contribution >= 0.6 is 0 Å². The number of sulfonamides is 2. The molecule has 0 amide bonds. The third-order valence-corrected chi connectivity index (χ3v) is 3.82. The van der Waals surface area contributed by atoms with Gasteiger partial charge in [-0.05, 0) is 17.7 Å². The van der Waals surface area contributed by atoms with Crippen molar-refractivity contribution in [3.8, 4) is 0 Å². The van der Waals surface area contributed by atoms with E-state index in [1.165, 1.54) is 24.3 Å². The van der Waals surface area contributed by atoms with E-state index in [4.69, 9.17) is 10.2 Å². The number of carboxylic acid groups (broad SMARTS) is 1. The fraction of sp³-hybridized carbons (Fsp3) is 0.222. The van der Waals surface area contributed by atoms with Gasteiger partial charge in [-0.3, -0.25) is 9.52 Å². The molecule has 0 spiro atoms. The molecule has 0 aliphatic rings. The minimum absolute atomic E-state index is 0.138. The Labute approximate surface area is 110 Å². The van der Waals surface area contributed by atoms with Crippen LogP contribution in [-0.4, -0.2) is 33.7 Å². The lowest BCUT2D eigenvalue weighted by molar-refractivity contribution is -0.134. The second-order valence-electron chi connectivity index (χ2n) is 3.76. The number of nitrogens with one attached hydrogen (secondary N) is 1. The highest BCUT2D eigenvalue weighted by Gasteiger charge is 2.15. The number of hydrogen-bond donors (Lipinski definition) is 3. The number of carboxylic acids is 1. The zero-order valence-electron chi connectivity index (χ0n) is 9.61. The van der Waals surface area contributed by atoms with Crippen LogP contribution < -0.4 is 9.86 Å². The van der Waals surface area contributed by atoms with Crippen LogP contribution in [0.15, 0.2) is 24.3 Å². The van der Waals surface area contributed by atoms with Crippen molar-refractivity contribution in [3.63, 3.8) is 0 Å². The lowest BCUT2D eigenvalue weighted by Gasteiger charge is -2.06. The van der Waals surface area contributed by atoms with Gasteiger partial charge in [0, 0.05) is 5.69 Å². The third kappa shape index (κ3) is 6.18. The number of benzene rings is 1. The molecule has 1 rings (SSSR count). The number of anilines is 1. The van der Waals surface area contributed by atoms with E-state index >= 15 is 0 Å². The number of carbonyl (C=O) groups is 1. The largest absolute Gasteiger partial charge is 0.480 e. The van der Waals surface area contributed by atoms with Gasteiger partial charge in [0.2, 0.25) is 20.0 Å². The lowest BCUT2D eigenvalue weighted by Crippen LogP contribution is -2.22. The summed E-state index contributed by atoms with van der Waals surface area (Å²) >= 11 is 0. The van der Waals surface area contributed by atoms with E-state index in [0.717, 1.165) is 0 Å². The van der Waals surface area contributed by atoms with Crippen molar-refractivity contribution in [1.29, 1.82) is 0 Å². The van der Waals surface area contributed by atoms with E-state index in [9.17, 15) is 21.6 Å². The quantitative estimate of drug-likeness (QED) is 0.634. The molecular formula is C9H12N2O6S2. The molecule has 0 saturated heterocycles. The van der Waals surface area contributed by atoms with E-state index < -0.39 is 31.8 Å². The Bertz CT molecular complexity index is 663. The Morgan fingerprint density at radius 2 is 1.68 bits per heavy atom. The molecule has 1 aromatic carbocycles. The van der Waals surface area contributed by atoms with E-state index in [1.807, 2.05) is 0 Å². The van der Waals surface area contributed by atoms with Gasteiger partial charge in [0.25, 0.3) is 0 Å². The fourth-order valence-electron chi connectivity index (χ4n) is 1.28. The molecule has 0 aromatic heterocycles. The van der Waals surface area contributed by atoms with Crippen LogP contribution in [-0.2, 0) is 30.6 Å². The average molecular weight is 308 g/mol. The van der Waals surface area contributed by atoms with Crippen LogP contribution in [0.5, 0.6) is 0 Å². The molecule has 0 heterocycles. The molecule has 106 valence electrons.